The third-order valence-corrected chi connectivity index (χ3v) is 5.67. The standard InChI is InChI=1S/C23H27FN4O2S/c1-17(19-6-4-3-5-7-19)25-22(29)12-13-28(14-15-30-2)23-26-21(27-31-23)16-18-8-10-20(24)11-9-18/h3-11,17H,12-16H2,1-2H3,(H,25,29). The molecule has 0 spiro atoms. The lowest BCUT2D eigenvalue weighted by molar-refractivity contribution is -0.121. The van der Waals surface area contributed by atoms with Crippen molar-refractivity contribution in [3.63, 3.8) is 0 Å². The van der Waals surface area contributed by atoms with Gasteiger partial charge in [-0.3, -0.25) is 4.79 Å². The third kappa shape index (κ3) is 7.11. The Balaban J connectivity index is 1.57. The van der Waals surface area contributed by atoms with Crippen molar-refractivity contribution in [1.29, 1.82) is 0 Å². The van der Waals surface area contributed by atoms with E-state index in [1.54, 1.807) is 19.2 Å². The summed E-state index contributed by atoms with van der Waals surface area (Å²) in [6.07, 6.45) is 0.873. The molecule has 0 radical (unpaired) electrons. The van der Waals surface area contributed by atoms with Crippen LogP contribution in [0.1, 0.15) is 36.3 Å². The second-order valence-electron chi connectivity index (χ2n) is 7.23. The number of methoxy groups -OCH3 is 1. The first-order valence-corrected chi connectivity index (χ1v) is 11.0. The van der Waals surface area contributed by atoms with Crippen LogP contribution >= 0.6 is 11.5 Å². The molecule has 1 heterocycles. The molecule has 2 aromatic carbocycles. The minimum atomic E-state index is -0.263. The van der Waals surface area contributed by atoms with Crippen LogP contribution in [0.4, 0.5) is 9.52 Å². The maximum atomic E-state index is 13.1. The van der Waals surface area contributed by atoms with Gasteiger partial charge in [0.05, 0.1) is 12.6 Å². The minimum Gasteiger partial charge on any atom is -0.383 e. The molecule has 0 aliphatic rings. The minimum absolute atomic E-state index is 0.0187. The van der Waals surface area contributed by atoms with E-state index in [0.29, 0.717) is 38.4 Å². The monoisotopic (exact) mass is 442 g/mol. The summed E-state index contributed by atoms with van der Waals surface area (Å²) in [6, 6.07) is 16.2. The Labute approximate surface area is 186 Å². The summed E-state index contributed by atoms with van der Waals surface area (Å²) >= 11 is 1.30. The molecule has 0 aliphatic heterocycles. The molecule has 3 aromatic rings. The smallest absolute Gasteiger partial charge is 0.222 e. The van der Waals surface area contributed by atoms with Gasteiger partial charge in [0.2, 0.25) is 11.0 Å². The maximum absolute atomic E-state index is 13.1. The number of hydrogen-bond donors (Lipinski definition) is 1. The molecular weight excluding hydrogens is 415 g/mol. The second kappa shape index (κ2) is 11.5. The number of anilines is 1. The Hall–Kier alpha value is -2.84. The van der Waals surface area contributed by atoms with Gasteiger partial charge < -0.3 is 15.0 Å². The van der Waals surface area contributed by atoms with Crippen molar-refractivity contribution in [2.75, 3.05) is 31.7 Å². The fourth-order valence-electron chi connectivity index (χ4n) is 3.11. The van der Waals surface area contributed by atoms with Gasteiger partial charge in [-0.15, -0.1) is 0 Å². The lowest BCUT2D eigenvalue weighted by Crippen LogP contribution is -2.33. The van der Waals surface area contributed by atoms with Crippen molar-refractivity contribution in [3.05, 3.63) is 77.4 Å². The first-order chi connectivity index (χ1) is 15.0. The number of nitrogens with one attached hydrogen (secondary N) is 1. The van der Waals surface area contributed by atoms with Crippen LogP contribution in [0.5, 0.6) is 0 Å². The summed E-state index contributed by atoms with van der Waals surface area (Å²) in [5.41, 5.74) is 2.02. The Bertz CT molecular complexity index is 950. The molecule has 1 unspecified atom stereocenters. The number of carbonyl (C=O) groups excluding carboxylic acids is 1. The molecule has 1 amide bonds. The van der Waals surface area contributed by atoms with Crippen LogP contribution in [0.2, 0.25) is 0 Å². The van der Waals surface area contributed by atoms with Gasteiger partial charge in [0, 0.05) is 44.6 Å². The van der Waals surface area contributed by atoms with Crippen molar-refractivity contribution < 1.29 is 13.9 Å². The van der Waals surface area contributed by atoms with Crippen LogP contribution < -0.4 is 10.2 Å². The van der Waals surface area contributed by atoms with Gasteiger partial charge in [-0.25, -0.2) is 9.37 Å². The zero-order chi connectivity index (χ0) is 22.1. The highest BCUT2D eigenvalue weighted by Gasteiger charge is 2.16. The summed E-state index contributed by atoms with van der Waals surface area (Å²) in [6.45, 7) is 3.63. The van der Waals surface area contributed by atoms with E-state index >= 15 is 0 Å². The number of halogens is 1. The van der Waals surface area contributed by atoms with Crippen LogP contribution in [0.15, 0.2) is 54.6 Å². The molecule has 8 heteroatoms. The number of benzene rings is 2. The zero-order valence-corrected chi connectivity index (χ0v) is 18.6. The molecule has 0 aliphatic carbocycles. The first-order valence-electron chi connectivity index (χ1n) is 10.2. The van der Waals surface area contributed by atoms with Gasteiger partial charge in [0.25, 0.3) is 0 Å². The Morgan fingerprint density at radius 2 is 1.90 bits per heavy atom. The average Bonchev–Trinajstić information content (AvgIpc) is 3.24. The quantitative estimate of drug-likeness (QED) is 0.486. The molecule has 0 saturated heterocycles. The Kier molecular flexibility index (Phi) is 8.49. The van der Waals surface area contributed by atoms with E-state index in [9.17, 15) is 9.18 Å². The SMILES string of the molecule is COCCN(CCC(=O)NC(C)c1ccccc1)c1nc(Cc2ccc(F)cc2)ns1. The normalized spacial score (nSPS) is 11.8. The Morgan fingerprint density at radius 1 is 1.16 bits per heavy atom. The van der Waals surface area contributed by atoms with Gasteiger partial charge in [-0.05, 0) is 30.2 Å². The molecule has 1 N–H and O–H groups in total. The number of carbonyl (C=O) groups is 1. The molecule has 6 nitrogen and oxygen atoms in total. The molecular formula is C23H27FN4O2S. The summed E-state index contributed by atoms with van der Waals surface area (Å²) in [4.78, 5) is 19.1. The highest BCUT2D eigenvalue weighted by molar-refractivity contribution is 7.09. The van der Waals surface area contributed by atoms with Crippen molar-refractivity contribution in [2.45, 2.75) is 25.8 Å². The van der Waals surface area contributed by atoms with Crippen LogP contribution in [0.25, 0.3) is 0 Å². The summed E-state index contributed by atoms with van der Waals surface area (Å²) in [5.74, 6) is 0.396. The van der Waals surface area contributed by atoms with Crippen molar-refractivity contribution in [1.82, 2.24) is 14.7 Å². The molecule has 0 fully saturated rings. The van der Waals surface area contributed by atoms with Crippen molar-refractivity contribution in [3.8, 4) is 0 Å². The third-order valence-electron chi connectivity index (χ3n) is 4.85. The number of amides is 1. The van der Waals surface area contributed by atoms with Gasteiger partial charge in [0.1, 0.15) is 11.6 Å². The van der Waals surface area contributed by atoms with Crippen LogP contribution in [-0.2, 0) is 16.0 Å². The van der Waals surface area contributed by atoms with Crippen LogP contribution in [0, 0.1) is 5.82 Å². The topological polar surface area (TPSA) is 67.3 Å². The number of aromatic nitrogens is 2. The summed E-state index contributed by atoms with van der Waals surface area (Å²) in [7, 11) is 1.65. The molecule has 3 rings (SSSR count). The Morgan fingerprint density at radius 3 is 2.61 bits per heavy atom. The molecule has 0 saturated carbocycles. The number of hydrogen-bond acceptors (Lipinski definition) is 6. The average molecular weight is 443 g/mol. The van der Waals surface area contributed by atoms with Gasteiger partial charge in [-0.1, -0.05) is 42.5 Å². The van der Waals surface area contributed by atoms with Gasteiger partial charge in [0.15, 0.2) is 0 Å². The maximum Gasteiger partial charge on any atom is 0.222 e. The van der Waals surface area contributed by atoms with E-state index in [1.807, 2.05) is 42.2 Å². The molecule has 1 aromatic heterocycles. The van der Waals surface area contributed by atoms with E-state index < -0.39 is 0 Å². The predicted octanol–water partition coefficient (Wildman–Crippen LogP) is 3.99. The van der Waals surface area contributed by atoms with E-state index in [1.165, 1.54) is 23.7 Å². The lowest BCUT2D eigenvalue weighted by Gasteiger charge is -2.21. The van der Waals surface area contributed by atoms with E-state index in [2.05, 4.69) is 14.7 Å². The van der Waals surface area contributed by atoms with Crippen LogP contribution in [-0.4, -0.2) is 42.1 Å². The van der Waals surface area contributed by atoms with Gasteiger partial charge in [-0.2, -0.15) is 4.37 Å². The first kappa shape index (κ1) is 22.8. The fourth-order valence-corrected chi connectivity index (χ4v) is 3.85. The number of ether oxygens (including phenoxy) is 1. The van der Waals surface area contributed by atoms with E-state index in [-0.39, 0.29) is 17.8 Å². The summed E-state index contributed by atoms with van der Waals surface area (Å²) < 4.78 is 22.7. The highest BCUT2D eigenvalue weighted by Crippen LogP contribution is 2.20. The fraction of sp³-hybridized carbons (Fsp3) is 0.348. The van der Waals surface area contributed by atoms with Crippen molar-refractivity contribution >= 4 is 22.6 Å². The zero-order valence-electron chi connectivity index (χ0n) is 17.8. The number of rotatable bonds is 11. The van der Waals surface area contributed by atoms with Crippen LogP contribution in [0.3, 0.4) is 0 Å². The number of nitrogens with zero attached hydrogens (tertiary/aromatic N) is 3. The molecule has 31 heavy (non-hydrogen) atoms. The summed E-state index contributed by atoms with van der Waals surface area (Å²) in [5, 5.41) is 3.79. The highest BCUT2D eigenvalue weighted by atomic mass is 32.1. The van der Waals surface area contributed by atoms with E-state index in [0.717, 1.165) is 16.3 Å². The predicted molar refractivity (Wildman–Crippen MR) is 121 cm³/mol. The lowest BCUT2D eigenvalue weighted by atomic mass is 10.1. The van der Waals surface area contributed by atoms with Crippen molar-refractivity contribution in [2.24, 2.45) is 0 Å². The molecule has 1 atom stereocenters. The largest absolute Gasteiger partial charge is 0.383 e. The van der Waals surface area contributed by atoms with E-state index in [4.69, 9.17) is 4.74 Å². The molecule has 164 valence electrons. The van der Waals surface area contributed by atoms with Gasteiger partial charge >= 0.3 is 0 Å². The second-order valence-corrected chi connectivity index (χ2v) is 7.96. The molecule has 0 bridgehead atoms.